The molecule has 3 aliphatic rings. The van der Waals surface area contributed by atoms with Crippen LogP contribution in [0.1, 0.15) is 12.8 Å². The Morgan fingerprint density at radius 2 is 2.06 bits per heavy atom. The predicted octanol–water partition coefficient (Wildman–Crippen LogP) is 2.13. The summed E-state index contributed by atoms with van der Waals surface area (Å²) < 4.78 is 13.7. The van der Waals surface area contributed by atoms with Crippen molar-refractivity contribution >= 4 is 11.7 Å². The topological polar surface area (TPSA) is 40.5 Å². The van der Waals surface area contributed by atoms with E-state index in [9.17, 15) is 14.3 Å². The molecule has 1 aromatic carbocycles. The summed E-state index contributed by atoms with van der Waals surface area (Å²) in [5.41, 5.74) is 0.425. The molecule has 4 rings (SSSR count). The fraction of sp³-hybridized carbons (Fsp3) is 0.462. The number of halogens is 1. The number of carbonyl (C=O) groups is 1. The fourth-order valence-corrected chi connectivity index (χ4v) is 3.11. The molecule has 2 saturated heterocycles. The molecular formula is C13H14FNO2. The van der Waals surface area contributed by atoms with Crippen molar-refractivity contribution < 1.29 is 14.3 Å². The third-order valence-electron chi connectivity index (χ3n) is 3.92. The van der Waals surface area contributed by atoms with Crippen molar-refractivity contribution in [2.45, 2.75) is 18.9 Å². The van der Waals surface area contributed by atoms with Gasteiger partial charge in [0.15, 0.2) is 0 Å². The molecule has 1 saturated carbocycles. The van der Waals surface area contributed by atoms with E-state index in [1.165, 1.54) is 6.07 Å². The van der Waals surface area contributed by atoms with Gasteiger partial charge in [-0.05, 0) is 36.8 Å². The zero-order chi connectivity index (χ0) is 12.0. The van der Waals surface area contributed by atoms with Crippen LogP contribution >= 0.6 is 0 Å². The Morgan fingerprint density at radius 1 is 1.35 bits per heavy atom. The van der Waals surface area contributed by atoms with Crippen molar-refractivity contribution in [2.24, 2.45) is 11.8 Å². The largest absolute Gasteiger partial charge is 0.480 e. The molecular weight excluding hydrogens is 221 g/mol. The van der Waals surface area contributed by atoms with Crippen molar-refractivity contribution in [2.75, 3.05) is 11.4 Å². The van der Waals surface area contributed by atoms with E-state index >= 15 is 0 Å². The van der Waals surface area contributed by atoms with E-state index in [-0.39, 0.29) is 11.7 Å². The van der Waals surface area contributed by atoms with Gasteiger partial charge in [0.05, 0.1) is 5.69 Å². The van der Waals surface area contributed by atoms with Gasteiger partial charge in [-0.2, -0.15) is 0 Å². The maximum atomic E-state index is 13.7. The van der Waals surface area contributed by atoms with Crippen LogP contribution in [-0.4, -0.2) is 23.7 Å². The normalized spacial score (nSPS) is 30.9. The molecule has 17 heavy (non-hydrogen) atoms. The number of hydrogen-bond acceptors (Lipinski definition) is 2. The quantitative estimate of drug-likeness (QED) is 0.853. The number of carboxylic acids is 1. The molecule has 1 atom stereocenters. The average molecular weight is 235 g/mol. The van der Waals surface area contributed by atoms with Crippen LogP contribution in [0.3, 0.4) is 0 Å². The maximum absolute atomic E-state index is 13.7. The standard InChI is InChI=1S/C13H14FNO2/c14-10-3-1-2-4-11(10)15-7-8-5-9(6-8)12(15)13(16)17/h1-4,8-9,12H,5-7H2,(H,16,17). The SMILES string of the molecule is O=C(O)C1C2CC(C2)CN1c1ccccc1F. The Hall–Kier alpha value is -1.58. The molecule has 2 heterocycles. The van der Waals surface area contributed by atoms with Crippen molar-refractivity contribution in [3.05, 3.63) is 30.1 Å². The van der Waals surface area contributed by atoms with Crippen LogP contribution in [0.25, 0.3) is 0 Å². The van der Waals surface area contributed by atoms with Gasteiger partial charge in [0, 0.05) is 6.54 Å². The summed E-state index contributed by atoms with van der Waals surface area (Å²) >= 11 is 0. The zero-order valence-electron chi connectivity index (χ0n) is 9.34. The summed E-state index contributed by atoms with van der Waals surface area (Å²) in [6.45, 7) is 0.661. The first kappa shape index (κ1) is 10.6. The minimum atomic E-state index is -0.837. The highest BCUT2D eigenvalue weighted by atomic mass is 19.1. The lowest BCUT2D eigenvalue weighted by Gasteiger charge is -2.52. The maximum Gasteiger partial charge on any atom is 0.326 e. The van der Waals surface area contributed by atoms with E-state index in [0.717, 1.165) is 12.8 Å². The molecule has 3 fully saturated rings. The van der Waals surface area contributed by atoms with Gasteiger partial charge in [0.1, 0.15) is 11.9 Å². The van der Waals surface area contributed by atoms with Crippen molar-refractivity contribution in [3.63, 3.8) is 0 Å². The Labute approximate surface area is 98.9 Å². The van der Waals surface area contributed by atoms with E-state index in [2.05, 4.69) is 0 Å². The van der Waals surface area contributed by atoms with Gasteiger partial charge in [-0.25, -0.2) is 9.18 Å². The summed E-state index contributed by atoms with van der Waals surface area (Å²) in [5.74, 6) is -0.447. The van der Waals surface area contributed by atoms with Gasteiger partial charge >= 0.3 is 5.97 Å². The molecule has 0 amide bonds. The van der Waals surface area contributed by atoms with Gasteiger partial charge in [-0.15, -0.1) is 0 Å². The Balaban J connectivity index is 1.96. The molecule has 2 bridgehead atoms. The van der Waals surface area contributed by atoms with Crippen LogP contribution in [0, 0.1) is 17.7 Å². The highest BCUT2D eigenvalue weighted by Crippen LogP contribution is 2.45. The van der Waals surface area contributed by atoms with E-state index in [0.29, 0.717) is 18.2 Å². The Kier molecular flexibility index (Phi) is 2.31. The summed E-state index contributed by atoms with van der Waals surface area (Å²) in [5, 5.41) is 9.29. The molecule has 1 N–H and O–H groups in total. The van der Waals surface area contributed by atoms with E-state index in [1.54, 1.807) is 23.1 Å². The Bertz CT molecular complexity index is 456. The average Bonchev–Trinajstić information content (AvgIpc) is 2.27. The molecule has 1 unspecified atom stereocenters. The summed E-state index contributed by atoms with van der Waals surface area (Å²) in [6, 6.07) is 5.86. The zero-order valence-corrected chi connectivity index (χ0v) is 9.34. The molecule has 0 radical (unpaired) electrons. The predicted molar refractivity (Wildman–Crippen MR) is 61.4 cm³/mol. The summed E-state index contributed by atoms with van der Waals surface area (Å²) in [7, 11) is 0. The number of rotatable bonds is 2. The minimum Gasteiger partial charge on any atom is -0.480 e. The van der Waals surface area contributed by atoms with Crippen molar-refractivity contribution in [3.8, 4) is 0 Å². The van der Waals surface area contributed by atoms with E-state index in [1.807, 2.05) is 0 Å². The lowest BCUT2D eigenvalue weighted by Crippen LogP contribution is -2.59. The van der Waals surface area contributed by atoms with E-state index < -0.39 is 12.0 Å². The van der Waals surface area contributed by atoms with Crippen LogP contribution in [0.2, 0.25) is 0 Å². The molecule has 1 aliphatic carbocycles. The first-order chi connectivity index (χ1) is 8.16. The second kappa shape index (κ2) is 3.72. The Morgan fingerprint density at radius 3 is 2.71 bits per heavy atom. The molecule has 0 aromatic heterocycles. The van der Waals surface area contributed by atoms with Crippen molar-refractivity contribution in [1.29, 1.82) is 0 Å². The van der Waals surface area contributed by atoms with Gasteiger partial charge < -0.3 is 10.0 Å². The number of aliphatic carboxylic acids is 1. The number of fused-ring (bicyclic) bond motifs is 2. The van der Waals surface area contributed by atoms with Crippen LogP contribution < -0.4 is 4.90 Å². The first-order valence-electron chi connectivity index (χ1n) is 5.91. The van der Waals surface area contributed by atoms with Gasteiger partial charge in [0.25, 0.3) is 0 Å². The van der Waals surface area contributed by atoms with Crippen LogP contribution in [0.4, 0.5) is 10.1 Å². The van der Waals surface area contributed by atoms with Crippen LogP contribution in [0.5, 0.6) is 0 Å². The van der Waals surface area contributed by atoms with Crippen LogP contribution in [0.15, 0.2) is 24.3 Å². The summed E-state index contributed by atoms with van der Waals surface area (Å²) in [4.78, 5) is 13.0. The lowest BCUT2D eigenvalue weighted by atomic mass is 9.66. The van der Waals surface area contributed by atoms with Gasteiger partial charge in [-0.1, -0.05) is 12.1 Å². The molecule has 3 nitrogen and oxygen atoms in total. The number of benzene rings is 1. The smallest absolute Gasteiger partial charge is 0.326 e. The molecule has 4 heteroatoms. The third kappa shape index (κ3) is 1.59. The molecule has 1 aromatic rings. The highest BCUT2D eigenvalue weighted by molar-refractivity contribution is 5.79. The highest BCUT2D eigenvalue weighted by Gasteiger charge is 2.48. The number of piperidine rings is 2. The minimum absolute atomic E-state index is 0.186. The first-order valence-corrected chi connectivity index (χ1v) is 5.91. The van der Waals surface area contributed by atoms with Gasteiger partial charge in [0.2, 0.25) is 0 Å². The lowest BCUT2D eigenvalue weighted by molar-refractivity contribution is -0.142. The van der Waals surface area contributed by atoms with Crippen LogP contribution in [-0.2, 0) is 4.79 Å². The fourth-order valence-electron chi connectivity index (χ4n) is 3.11. The third-order valence-corrected chi connectivity index (χ3v) is 3.92. The van der Waals surface area contributed by atoms with Crippen molar-refractivity contribution in [1.82, 2.24) is 0 Å². The second-order valence-corrected chi connectivity index (χ2v) is 4.98. The summed E-state index contributed by atoms with van der Waals surface area (Å²) in [6.07, 6.45) is 1.95. The monoisotopic (exact) mass is 235 g/mol. The van der Waals surface area contributed by atoms with E-state index in [4.69, 9.17) is 0 Å². The number of nitrogens with zero attached hydrogens (tertiary/aromatic N) is 1. The van der Waals surface area contributed by atoms with Gasteiger partial charge in [-0.3, -0.25) is 0 Å². The number of para-hydroxylation sites is 1. The number of anilines is 1. The number of carboxylic acid groups (broad SMARTS) is 1. The second-order valence-electron chi connectivity index (χ2n) is 4.98. The molecule has 90 valence electrons. The number of hydrogen-bond donors (Lipinski definition) is 1. The molecule has 0 spiro atoms. The molecule has 2 aliphatic heterocycles.